The predicted molar refractivity (Wildman–Crippen MR) is 64.1 cm³/mol. The first-order valence-electron chi connectivity index (χ1n) is 4.69. The van der Waals surface area contributed by atoms with Gasteiger partial charge < -0.3 is 0 Å². The van der Waals surface area contributed by atoms with Gasteiger partial charge in [0.1, 0.15) is 4.47 Å². The van der Waals surface area contributed by atoms with Gasteiger partial charge in [-0.15, -0.1) is 0 Å². The van der Waals surface area contributed by atoms with Crippen molar-refractivity contribution in [2.45, 2.75) is 0 Å². The van der Waals surface area contributed by atoms with E-state index in [0.717, 1.165) is 10.9 Å². The van der Waals surface area contributed by atoms with Gasteiger partial charge in [-0.2, -0.15) is 9.78 Å². The lowest BCUT2D eigenvalue weighted by Crippen LogP contribution is -2.22. The molecular weight excluding hydrogens is 309 g/mol. The van der Waals surface area contributed by atoms with E-state index in [1.165, 1.54) is 24.3 Å². The van der Waals surface area contributed by atoms with Crippen LogP contribution in [0.4, 0.5) is 10.1 Å². The van der Waals surface area contributed by atoms with E-state index < -0.39 is 16.3 Å². The molecule has 0 radical (unpaired) electrons. The molecule has 0 N–H and O–H groups in total. The number of hydrogen-bond acceptors (Lipinski definition) is 4. The monoisotopic (exact) mass is 313 g/mol. The molecule has 0 saturated carbocycles. The lowest BCUT2D eigenvalue weighted by molar-refractivity contribution is -0.384. The average molecular weight is 314 g/mol. The fourth-order valence-corrected chi connectivity index (χ4v) is 1.58. The van der Waals surface area contributed by atoms with E-state index in [1.807, 2.05) is 0 Å². The highest BCUT2D eigenvalue weighted by atomic mass is 79.9. The molecule has 1 heterocycles. The molecule has 0 aliphatic carbocycles. The van der Waals surface area contributed by atoms with Crippen LogP contribution in [-0.4, -0.2) is 14.7 Å². The zero-order valence-corrected chi connectivity index (χ0v) is 10.3. The predicted octanol–water partition coefficient (Wildman–Crippen LogP) is 2.04. The molecular formula is C10H5BrFN3O3. The third-order valence-electron chi connectivity index (χ3n) is 2.18. The summed E-state index contributed by atoms with van der Waals surface area (Å²) in [6.07, 6.45) is 0.882. The maximum Gasteiger partial charge on any atom is 0.288 e. The van der Waals surface area contributed by atoms with E-state index in [4.69, 9.17) is 0 Å². The van der Waals surface area contributed by atoms with Crippen LogP contribution in [-0.2, 0) is 0 Å². The number of nitrogens with zero attached hydrogens (tertiary/aromatic N) is 3. The van der Waals surface area contributed by atoms with E-state index in [9.17, 15) is 19.3 Å². The molecule has 0 saturated heterocycles. The van der Waals surface area contributed by atoms with Crippen LogP contribution in [0.3, 0.4) is 0 Å². The van der Waals surface area contributed by atoms with Crippen LogP contribution in [0.15, 0.2) is 39.7 Å². The number of benzene rings is 1. The van der Waals surface area contributed by atoms with Crippen LogP contribution in [0.1, 0.15) is 0 Å². The lowest BCUT2D eigenvalue weighted by Gasteiger charge is -2.04. The first-order valence-corrected chi connectivity index (χ1v) is 5.48. The number of nitro benzene ring substituents is 1. The summed E-state index contributed by atoms with van der Waals surface area (Å²) in [6, 6.07) is 5.19. The Kier molecular flexibility index (Phi) is 3.19. The Balaban J connectivity index is 2.53. The zero-order chi connectivity index (χ0) is 13.3. The first-order chi connectivity index (χ1) is 8.50. The van der Waals surface area contributed by atoms with Crippen molar-refractivity contribution in [1.29, 1.82) is 0 Å². The van der Waals surface area contributed by atoms with E-state index in [2.05, 4.69) is 21.0 Å². The van der Waals surface area contributed by atoms with Crippen LogP contribution in [0.25, 0.3) is 5.69 Å². The van der Waals surface area contributed by atoms with Crippen LogP contribution in [0.2, 0.25) is 0 Å². The van der Waals surface area contributed by atoms with Crippen molar-refractivity contribution in [2.75, 3.05) is 0 Å². The Labute approximate surface area is 108 Å². The molecule has 0 spiro atoms. The molecule has 0 bridgehead atoms. The molecule has 2 aromatic rings. The van der Waals surface area contributed by atoms with Gasteiger partial charge in [-0.1, -0.05) is 0 Å². The molecule has 0 unspecified atom stereocenters. The van der Waals surface area contributed by atoms with Crippen molar-refractivity contribution in [3.05, 3.63) is 61.2 Å². The van der Waals surface area contributed by atoms with Gasteiger partial charge in [0.2, 0.25) is 0 Å². The van der Waals surface area contributed by atoms with Gasteiger partial charge in [0, 0.05) is 12.1 Å². The minimum Gasteiger partial charge on any atom is -0.266 e. The van der Waals surface area contributed by atoms with Crippen LogP contribution < -0.4 is 5.56 Å². The Hall–Kier alpha value is -2.09. The summed E-state index contributed by atoms with van der Waals surface area (Å²) < 4.78 is 13.7. The normalized spacial score (nSPS) is 10.3. The van der Waals surface area contributed by atoms with Gasteiger partial charge in [0.25, 0.3) is 11.2 Å². The Morgan fingerprint density at radius 3 is 2.50 bits per heavy atom. The molecule has 1 aromatic heterocycles. The Morgan fingerprint density at radius 2 is 1.94 bits per heavy atom. The smallest absolute Gasteiger partial charge is 0.266 e. The van der Waals surface area contributed by atoms with Crippen molar-refractivity contribution < 1.29 is 9.31 Å². The summed E-state index contributed by atoms with van der Waals surface area (Å²) in [5.74, 6) is -0.766. The minimum atomic E-state index is -0.766. The van der Waals surface area contributed by atoms with Crippen molar-refractivity contribution >= 4 is 21.6 Å². The number of rotatable bonds is 2. The lowest BCUT2D eigenvalue weighted by atomic mass is 10.3. The quantitative estimate of drug-likeness (QED) is 0.628. The van der Waals surface area contributed by atoms with E-state index in [0.29, 0.717) is 5.69 Å². The van der Waals surface area contributed by atoms with Gasteiger partial charge in [-0.25, -0.2) is 4.39 Å². The molecule has 6 nitrogen and oxygen atoms in total. The highest BCUT2D eigenvalue weighted by Crippen LogP contribution is 2.14. The van der Waals surface area contributed by atoms with Gasteiger partial charge in [0.15, 0.2) is 5.82 Å². The first kappa shape index (κ1) is 12.4. The summed E-state index contributed by atoms with van der Waals surface area (Å²) >= 11 is 2.81. The van der Waals surface area contributed by atoms with Gasteiger partial charge >= 0.3 is 0 Å². The second-order valence-electron chi connectivity index (χ2n) is 3.30. The number of aromatic nitrogens is 2. The topological polar surface area (TPSA) is 78.0 Å². The van der Waals surface area contributed by atoms with Crippen LogP contribution in [0, 0.1) is 15.9 Å². The Bertz CT molecular complexity index is 669. The molecule has 0 amide bonds. The largest absolute Gasteiger partial charge is 0.288 e. The molecule has 8 heteroatoms. The van der Waals surface area contributed by atoms with Crippen molar-refractivity contribution in [3.63, 3.8) is 0 Å². The maximum atomic E-state index is 13.0. The molecule has 18 heavy (non-hydrogen) atoms. The SMILES string of the molecule is O=c1c(Br)c(F)cnn1-c1ccc([N+](=O)[O-])cc1. The van der Waals surface area contributed by atoms with Crippen LogP contribution in [0.5, 0.6) is 0 Å². The molecule has 0 aliphatic rings. The van der Waals surface area contributed by atoms with E-state index in [-0.39, 0.29) is 10.2 Å². The molecule has 92 valence electrons. The Morgan fingerprint density at radius 1 is 1.33 bits per heavy atom. The van der Waals surface area contributed by atoms with Gasteiger partial charge in [0.05, 0.1) is 16.8 Å². The summed E-state index contributed by atoms with van der Waals surface area (Å²) in [6.45, 7) is 0. The summed E-state index contributed by atoms with van der Waals surface area (Å²) in [5, 5.41) is 14.1. The highest BCUT2D eigenvalue weighted by Gasteiger charge is 2.11. The summed E-state index contributed by atoms with van der Waals surface area (Å²) in [5.41, 5.74) is -0.469. The zero-order valence-electron chi connectivity index (χ0n) is 8.71. The van der Waals surface area contributed by atoms with Crippen molar-refractivity contribution in [2.24, 2.45) is 0 Å². The highest BCUT2D eigenvalue weighted by molar-refractivity contribution is 9.10. The average Bonchev–Trinajstić information content (AvgIpc) is 2.36. The molecule has 0 atom stereocenters. The fraction of sp³-hybridized carbons (Fsp3) is 0. The number of non-ortho nitro benzene ring substituents is 1. The summed E-state index contributed by atoms with van der Waals surface area (Å²) in [4.78, 5) is 21.6. The third-order valence-corrected chi connectivity index (χ3v) is 2.90. The van der Waals surface area contributed by atoms with Gasteiger partial charge in [-0.3, -0.25) is 14.9 Å². The second-order valence-corrected chi connectivity index (χ2v) is 4.09. The van der Waals surface area contributed by atoms with E-state index in [1.54, 1.807) is 0 Å². The molecule has 0 fully saturated rings. The summed E-state index contributed by atoms with van der Waals surface area (Å²) in [7, 11) is 0. The second kappa shape index (κ2) is 4.65. The minimum absolute atomic E-state index is 0.104. The number of nitro groups is 1. The number of halogens is 2. The van der Waals surface area contributed by atoms with Crippen LogP contribution >= 0.6 is 15.9 Å². The van der Waals surface area contributed by atoms with Gasteiger partial charge in [-0.05, 0) is 28.1 Å². The molecule has 2 rings (SSSR count). The third kappa shape index (κ3) is 2.14. The van der Waals surface area contributed by atoms with E-state index >= 15 is 0 Å². The van der Waals surface area contributed by atoms with Crippen molar-refractivity contribution in [3.8, 4) is 5.69 Å². The fourth-order valence-electron chi connectivity index (χ4n) is 1.31. The maximum absolute atomic E-state index is 13.0. The molecule has 1 aromatic carbocycles. The standard InChI is InChI=1S/C10H5BrFN3O3/c11-9-8(12)5-13-14(10(9)16)6-1-3-7(4-2-6)15(17)18/h1-5H. The van der Waals surface area contributed by atoms with Crippen molar-refractivity contribution in [1.82, 2.24) is 9.78 Å². The molecule has 0 aliphatic heterocycles. The number of hydrogen-bond donors (Lipinski definition) is 0.